The van der Waals surface area contributed by atoms with E-state index in [9.17, 15) is 19.2 Å². The molecule has 1 saturated carbocycles. The van der Waals surface area contributed by atoms with Crippen LogP contribution in [0.1, 0.15) is 64.8 Å². The van der Waals surface area contributed by atoms with Crippen LogP contribution >= 0.6 is 0 Å². The SMILES string of the molecule is C=Cc1c(N2CCN(C3CC(OC4CCNCC4)C3)CC2)ccc2c1C(=O)N(C1CCC(=O)NC1=O)C2=O. The van der Waals surface area contributed by atoms with E-state index in [0.29, 0.717) is 29.4 Å². The molecule has 1 aromatic rings. The fourth-order valence-electron chi connectivity index (χ4n) is 6.53. The van der Waals surface area contributed by atoms with Gasteiger partial charge in [0.05, 0.1) is 23.3 Å². The average molecular weight is 522 g/mol. The maximum absolute atomic E-state index is 13.5. The van der Waals surface area contributed by atoms with Crippen LogP contribution in [0.15, 0.2) is 18.7 Å². The molecule has 2 N–H and O–H groups in total. The van der Waals surface area contributed by atoms with Gasteiger partial charge < -0.3 is 15.0 Å². The lowest BCUT2D eigenvalue weighted by Gasteiger charge is -2.47. The molecule has 1 atom stereocenters. The minimum absolute atomic E-state index is 0.0968. The van der Waals surface area contributed by atoms with Gasteiger partial charge in [-0.05, 0) is 57.3 Å². The summed E-state index contributed by atoms with van der Waals surface area (Å²) < 4.78 is 6.30. The number of fused-ring (bicyclic) bond motifs is 1. The lowest BCUT2D eigenvalue weighted by atomic mass is 9.87. The van der Waals surface area contributed by atoms with Crippen molar-refractivity contribution in [2.45, 2.75) is 62.8 Å². The molecule has 4 amide bonds. The molecule has 3 saturated heterocycles. The zero-order valence-corrected chi connectivity index (χ0v) is 21.6. The first kappa shape index (κ1) is 25.2. The lowest BCUT2D eigenvalue weighted by molar-refractivity contribution is -0.136. The second-order valence-corrected chi connectivity index (χ2v) is 10.9. The molecule has 1 aliphatic carbocycles. The average Bonchev–Trinajstić information content (AvgIpc) is 3.16. The summed E-state index contributed by atoms with van der Waals surface area (Å²) >= 11 is 0. The Bertz CT molecular complexity index is 1160. The van der Waals surface area contributed by atoms with Crippen molar-refractivity contribution < 1.29 is 23.9 Å². The number of nitrogens with zero attached hydrogens (tertiary/aromatic N) is 3. The first-order valence-corrected chi connectivity index (χ1v) is 13.8. The minimum atomic E-state index is -0.977. The summed E-state index contributed by atoms with van der Waals surface area (Å²) in [5, 5.41) is 5.63. The fourth-order valence-corrected chi connectivity index (χ4v) is 6.53. The largest absolute Gasteiger partial charge is 0.375 e. The van der Waals surface area contributed by atoms with Crippen LogP contribution in [0, 0.1) is 0 Å². The standard InChI is InChI=1S/C28H35N5O5/c1-2-20-22(4-3-21-25(20)28(37)33(27(21)36)23-5-6-24(34)30-26(23)35)32-13-11-31(12-14-32)17-15-19(16-17)38-18-7-9-29-10-8-18/h2-4,17-19,23,29H,1,5-16H2,(H,30,34,35). The number of benzene rings is 1. The Morgan fingerprint density at radius 2 is 1.66 bits per heavy atom. The van der Waals surface area contributed by atoms with E-state index in [-0.39, 0.29) is 24.3 Å². The predicted octanol–water partition coefficient (Wildman–Crippen LogP) is 1.15. The molecule has 1 aromatic carbocycles. The van der Waals surface area contributed by atoms with Gasteiger partial charge in [-0.3, -0.25) is 34.3 Å². The normalized spacial score (nSPS) is 28.8. The van der Waals surface area contributed by atoms with Gasteiger partial charge >= 0.3 is 0 Å². The van der Waals surface area contributed by atoms with Crippen LogP contribution in [-0.2, 0) is 14.3 Å². The van der Waals surface area contributed by atoms with E-state index in [2.05, 4.69) is 27.0 Å². The molecule has 202 valence electrons. The summed E-state index contributed by atoms with van der Waals surface area (Å²) in [6, 6.07) is 3.15. The number of rotatable bonds is 6. The Hall–Kier alpha value is -3.08. The summed E-state index contributed by atoms with van der Waals surface area (Å²) in [5.41, 5.74) is 2.09. The van der Waals surface area contributed by atoms with Gasteiger partial charge in [0.2, 0.25) is 11.8 Å². The van der Waals surface area contributed by atoms with Gasteiger partial charge in [0, 0.05) is 49.9 Å². The van der Waals surface area contributed by atoms with E-state index < -0.39 is 23.8 Å². The summed E-state index contributed by atoms with van der Waals surface area (Å²) in [6.07, 6.45) is 7.03. The van der Waals surface area contributed by atoms with E-state index in [0.717, 1.165) is 75.5 Å². The number of amides is 4. The monoisotopic (exact) mass is 521 g/mol. The number of hydrogen-bond acceptors (Lipinski definition) is 8. The van der Waals surface area contributed by atoms with E-state index in [4.69, 9.17) is 4.74 Å². The fraction of sp³-hybridized carbons (Fsp3) is 0.571. The molecule has 4 heterocycles. The Kier molecular flexibility index (Phi) is 6.79. The van der Waals surface area contributed by atoms with E-state index >= 15 is 0 Å². The summed E-state index contributed by atoms with van der Waals surface area (Å²) in [7, 11) is 0. The van der Waals surface area contributed by atoms with Gasteiger partial charge in [-0.1, -0.05) is 12.7 Å². The Balaban J connectivity index is 1.10. The number of ether oxygens (including phenoxy) is 1. The van der Waals surface area contributed by atoms with Gasteiger partial charge in [-0.15, -0.1) is 0 Å². The van der Waals surface area contributed by atoms with Crippen molar-refractivity contribution in [2.24, 2.45) is 0 Å². The van der Waals surface area contributed by atoms with Crippen molar-refractivity contribution in [1.82, 2.24) is 20.4 Å². The van der Waals surface area contributed by atoms with Crippen molar-refractivity contribution in [1.29, 1.82) is 0 Å². The second-order valence-electron chi connectivity index (χ2n) is 10.9. The van der Waals surface area contributed by atoms with E-state index in [1.165, 1.54) is 0 Å². The summed E-state index contributed by atoms with van der Waals surface area (Å²) in [6.45, 7) is 9.52. The van der Waals surface area contributed by atoms with Gasteiger partial charge in [0.25, 0.3) is 11.8 Å². The van der Waals surface area contributed by atoms with E-state index in [1.54, 1.807) is 12.1 Å². The number of nitrogens with one attached hydrogen (secondary N) is 2. The quantitative estimate of drug-likeness (QED) is 0.537. The molecular formula is C28H35N5O5. The number of carbonyl (C=O) groups excluding carboxylic acids is 4. The first-order valence-electron chi connectivity index (χ1n) is 13.8. The third-order valence-corrected chi connectivity index (χ3v) is 8.74. The highest BCUT2D eigenvalue weighted by Gasteiger charge is 2.46. The van der Waals surface area contributed by atoms with Crippen molar-refractivity contribution in [3.63, 3.8) is 0 Å². The van der Waals surface area contributed by atoms with Crippen molar-refractivity contribution in [2.75, 3.05) is 44.2 Å². The smallest absolute Gasteiger partial charge is 0.262 e. The van der Waals surface area contributed by atoms with Crippen LogP contribution in [0.3, 0.4) is 0 Å². The number of carbonyl (C=O) groups is 4. The highest BCUT2D eigenvalue weighted by molar-refractivity contribution is 6.25. The molecule has 4 fully saturated rings. The number of imide groups is 2. The highest BCUT2D eigenvalue weighted by atomic mass is 16.5. The number of piperazine rings is 1. The second kappa shape index (κ2) is 10.2. The predicted molar refractivity (Wildman–Crippen MR) is 141 cm³/mol. The third kappa shape index (κ3) is 4.44. The topological polar surface area (TPSA) is 111 Å². The van der Waals surface area contributed by atoms with E-state index in [1.807, 2.05) is 6.07 Å². The third-order valence-electron chi connectivity index (χ3n) is 8.74. The van der Waals surface area contributed by atoms with Gasteiger partial charge in [0.15, 0.2) is 0 Å². The van der Waals surface area contributed by atoms with Gasteiger partial charge in [-0.2, -0.15) is 0 Å². The maximum atomic E-state index is 13.5. The molecular weight excluding hydrogens is 486 g/mol. The van der Waals surface area contributed by atoms with Crippen molar-refractivity contribution in [3.8, 4) is 0 Å². The van der Waals surface area contributed by atoms with Crippen LogP contribution in [0.4, 0.5) is 5.69 Å². The molecule has 5 aliphatic rings. The molecule has 38 heavy (non-hydrogen) atoms. The molecule has 6 rings (SSSR count). The zero-order chi connectivity index (χ0) is 26.4. The molecule has 10 nitrogen and oxygen atoms in total. The lowest BCUT2D eigenvalue weighted by Crippen LogP contribution is -2.56. The van der Waals surface area contributed by atoms with Crippen LogP contribution in [-0.4, -0.2) is 97.0 Å². The molecule has 4 aliphatic heterocycles. The Morgan fingerprint density at radius 1 is 0.921 bits per heavy atom. The highest BCUT2D eigenvalue weighted by Crippen LogP contribution is 2.37. The van der Waals surface area contributed by atoms with Crippen LogP contribution in [0.5, 0.6) is 0 Å². The number of piperidine rings is 2. The minimum Gasteiger partial charge on any atom is -0.375 e. The summed E-state index contributed by atoms with van der Waals surface area (Å²) in [4.78, 5) is 56.4. The van der Waals surface area contributed by atoms with Gasteiger partial charge in [0.1, 0.15) is 6.04 Å². The Labute approximate surface area is 222 Å². The van der Waals surface area contributed by atoms with Crippen LogP contribution < -0.4 is 15.5 Å². The van der Waals surface area contributed by atoms with Crippen molar-refractivity contribution in [3.05, 3.63) is 35.4 Å². The molecule has 0 aromatic heterocycles. The Morgan fingerprint density at radius 3 is 2.34 bits per heavy atom. The van der Waals surface area contributed by atoms with Gasteiger partial charge in [-0.25, -0.2) is 0 Å². The molecule has 0 bridgehead atoms. The summed E-state index contributed by atoms with van der Waals surface area (Å²) in [5.74, 6) is -1.98. The zero-order valence-electron chi connectivity index (χ0n) is 21.6. The molecule has 0 spiro atoms. The number of hydrogen-bond donors (Lipinski definition) is 2. The van der Waals surface area contributed by atoms with Crippen molar-refractivity contribution >= 4 is 35.4 Å². The maximum Gasteiger partial charge on any atom is 0.262 e. The van der Waals surface area contributed by atoms with Crippen LogP contribution in [0.2, 0.25) is 0 Å². The number of anilines is 1. The first-order chi connectivity index (χ1) is 18.4. The molecule has 10 heteroatoms. The van der Waals surface area contributed by atoms with Crippen LogP contribution in [0.25, 0.3) is 6.08 Å². The molecule has 1 unspecified atom stereocenters. The molecule has 0 radical (unpaired) electrons.